The fourth-order valence-electron chi connectivity index (χ4n) is 4.25. The van der Waals surface area contributed by atoms with Gasteiger partial charge in [0.25, 0.3) is 0 Å². The molecule has 3 rings (SSSR count). The second kappa shape index (κ2) is 7.94. The Labute approximate surface area is 157 Å². The normalized spacial score (nSPS) is 19.1. The monoisotopic (exact) mass is 356 g/mol. The van der Waals surface area contributed by atoms with E-state index in [0.717, 1.165) is 77.0 Å². The number of rotatable bonds is 12. The Morgan fingerprint density at radius 1 is 0.846 bits per heavy atom. The minimum absolute atomic E-state index is 0.0441. The maximum absolute atomic E-state index is 11.7. The summed E-state index contributed by atoms with van der Waals surface area (Å²) in [6, 6.07) is 8.66. The second-order valence-corrected chi connectivity index (χ2v) is 8.60. The van der Waals surface area contributed by atoms with Crippen molar-refractivity contribution < 1.29 is 14.7 Å². The number of carboxylic acids is 1. The Balaban J connectivity index is 1.40. The predicted molar refractivity (Wildman–Crippen MR) is 103 cm³/mol. The highest BCUT2D eigenvalue weighted by atomic mass is 16.4. The molecule has 1 N–H and O–H groups in total. The number of carbonyl (C=O) groups excluding carboxylic acids is 1. The van der Waals surface area contributed by atoms with Gasteiger partial charge in [0.2, 0.25) is 0 Å². The number of hydrogen-bond donors (Lipinski definition) is 1. The summed E-state index contributed by atoms with van der Waals surface area (Å²) in [5, 5.41) is 9.26. The molecule has 0 saturated heterocycles. The SMILES string of the molecule is CC(=O)C1(CCCCc2ccccc2CCCCC2(C(=O)O)CC2)CC1. The number of ketones is 1. The van der Waals surface area contributed by atoms with Gasteiger partial charge in [-0.2, -0.15) is 0 Å². The summed E-state index contributed by atoms with van der Waals surface area (Å²) in [6.07, 6.45) is 12.3. The molecule has 2 fully saturated rings. The van der Waals surface area contributed by atoms with Gasteiger partial charge in [-0.3, -0.25) is 9.59 Å². The molecular weight excluding hydrogens is 324 g/mol. The van der Waals surface area contributed by atoms with Crippen LogP contribution in [0.3, 0.4) is 0 Å². The predicted octanol–water partition coefficient (Wildman–Crippen LogP) is 5.35. The first kappa shape index (κ1) is 19.1. The van der Waals surface area contributed by atoms with Crippen molar-refractivity contribution in [2.45, 2.75) is 84.0 Å². The summed E-state index contributed by atoms with van der Waals surface area (Å²) in [5.41, 5.74) is 2.51. The van der Waals surface area contributed by atoms with Crippen LogP contribution < -0.4 is 0 Å². The highest BCUT2D eigenvalue weighted by Crippen LogP contribution is 2.51. The summed E-state index contributed by atoms with van der Waals surface area (Å²) in [6.45, 7) is 1.75. The third-order valence-corrected chi connectivity index (χ3v) is 6.73. The lowest BCUT2D eigenvalue weighted by Gasteiger charge is -2.13. The first-order valence-electron chi connectivity index (χ1n) is 10.3. The molecule has 0 aliphatic heterocycles. The number of Topliss-reactive ketones (excluding diaryl/α,β-unsaturated/α-hetero) is 1. The van der Waals surface area contributed by atoms with Crippen molar-refractivity contribution in [3.8, 4) is 0 Å². The molecule has 0 spiro atoms. The first-order valence-corrected chi connectivity index (χ1v) is 10.3. The summed E-state index contributed by atoms with van der Waals surface area (Å²) < 4.78 is 0. The molecule has 26 heavy (non-hydrogen) atoms. The molecule has 2 saturated carbocycles. The molecule has 142 valence electrons. The van der Waals surface area contributed by atoms with Gasteiger partial charge >= 0.3 is 5.97 Å². The quantitative estimate of drug-likeness (QED) is 0.514. The van der Waals surface area contributed by atoms with Crippen LogP contribution in [-0.4, -0.2) is 16.9 Å². The highest BCUT2D eigenvalue weighted by molar-refractivity contribution is 5.84. The standard InChI is InChI=1S/C23H32O3/c1-18(24)22(14-15-22)12-6-4-10-19-8-2-3-9-20(19)11-5-7-13-23(16-17-23)21(25)26/h2-3,8-9H,4-7,10-17H2,1H3,(H,25,26). The summed E-state index contributed by atoms with van der Waals surface area (Å²) in [4.78, 5) is 22.9. The van der Waals surface area contributed by atoms with Gasteiger partial charge in [0.15, 0.2) is 0 Å². The van der Waals surface area contributed by atoms with Gasteiger partial charge in [0.1, 0.15) is 5.78 Å². The van der Waals surface area contributed by atoms with E-state index >= 15 is 0 Å². The van der Waals surface area contributed by atoms with E-state index in [1.54, 1.807) is 6.92 Å². The topological polar surface area (TPSA) is 54.4 Å². The van der Waals surface area contributed by atoms with Crippen LogP contribution in [0.15, 0.2) is 24.3 Å². The molecule has 3 heteroatoms. The number of unbranched alkanes of at least 4 members (excludes halogenated alkanes) is 2. The van der Waals surface area contributed by atoms with Gasteiger partial charge in [0.05, 0.1) is 5.41 Å². The zero-order valence-corrected chi connectivity index (χ0v) is 16.1. The lowest BCUT2D eigenvalue weighted by atomic mass is 9.92. The van der Waals surface area contributed by atoms with E-state index in [9.17, 15) is 14.7 Å². The molecule has 0 atom stereocenters. The third-order valence-electron chi connectivity index (χ3n) is 6.73. The van der Waals surface area contributed by atoms with E-state index in [2.05, 4.69) is 24.3 Å². The second-order valence-electron chi connectivity index (χ2n) is 8.60. The van der Waals surface area contributed by atoms with E-state index in [4.69, 9.17) is 0 Å². The van der Waals surface area contributed by atoms with E-state index in [1.807, 2.05) is 0 Å². The van der Waals surface area contributed by atoms with E-state index < -0.39 is 5.97 Å². The molecule has 0 amide bonds. The molecule has 0 bridgehead atoms. The van der Waals surface area contributed by atoms with Crippen molar-refractivity contribution in [1.29, 1.82) is 0 Å². The first-order chi connectivity index (χ1) is 12.5. The van der Waals surface area contributed by atoms with Crippen molar-refractivity contribution in [3.63, 3.8) is 0 Å². The zero-order valence-electron chi connectivity index (χ0n) is 16.1. The number of carboxylic acid groups (broad SMARTS) is 1. The Bertz CT molecular complexity index is 596. The Kier molecular flexibility index (Phi) is 5.84. The number of aryl methyl sites for hydroxylation is 2. The third kappa shape index (κ3) is 4.55. The van der Waals surface area contributed by atoms with Crippen LogP contribution in [0.4, 0.5) is 0 Å². The van der Waals surface area contributed by atoms with Crippen LogP contribution in [0.1, 0.15) is 82.3 Å². The summed E-state index contributed by atoms with van der Waals surface area (Å²) >= 11 is 0. The molecule has 0 aromatic heterocycles. The molecular formula is C23H32O3. The molecule has 1 aromatic rings. The fraction of sp³-hybridized carbons (Fsp3) is 0.652. The molecule has 2 aliphatic rings. The maximum atomic E-state index is 11.7. The summed E-state index contributed by atoms with van der Waals surface area (Å²) in [5.74, 6) is -0.218. The number of aliphatic carboxylic acids is 1. The number of carbonyl (C=O) groups is 2. The van der Waals surface area contributed by atoms with Crippen LogP contribution in [0.25, 0.3) is 0 Å². The zero-order chi connectivity index (χ0) is 18.6. The number of benzene rings is 1. The molecule has 2 aliphatic carbocycles. The molecule has 0 radical (unpaired) electrons. The molecule has 0 heterocycles. The fourth-order valence-corrected chi connectivity index (χ4v) is 4.25. The lowest BCUT2D eigenvalue weighted by Crippen LogP contribution is -2.14. The van der Waals surface area contributed by atoms with Gasteiger partial charge in [-0.15, -0.1) is 0 Å². The van der Waals surface area contributed by atoms with Crippen LogP contribution in [-0.2, 0) is 22.4 Å². The van der Waals surface area contributed by atoms with Crippen LogP contribution in [0.2, 0.25) is 0 Å². The number of hydrogen-bond acceptors (Lipinski definition) is 2. The van der Waals surface area contributed by atoms with Crippen LogP contribution >= 0.6 is 0 Å². The van der Waals surface area contributed by atoms with Gasteiger partial charge < -0.3 is 5.11 Å². The molecule has 3 nitrogen and oxygen atoms in total. The van der Waals surface area contributed by atoms with Gasteiger partial charge in [-0.05, 0) is 82.3 Å². The Hall–Kier alpha value is -1.64. The maximum Gasteiger partial charge on any atom is 0.309 e. The highest BCUT2D eigenvalue weighted by Gasteiger charge is 2.49. The minimum Gasteiger partial charge on any atom is -0.481 e. The smallest absolute Gasteiger partial charge is 0.309 e. The van der Waals surface area contributed by atoms with Gasteiger partial charge in [-0.1, -0.05) is 37.1 Å². The van der Waals surface area contributed by atoms with Crippen molar-refractivity contribution in [2.75, 3.05) is 0 Å². The minimum atomic E-state index is -0.600. The largest absolute Gasteiger partial charge is 0.481 e. The van der Waals surface area contributed by atoms with Gasteiger partial charge in [-0.25, -0.2) is 0 Å². The van der Waals surface area contributed by atoms with Crippen molar-refractivity contribution in [2.24, 2.45) is 10.8 Å². The van der Waals surface area contributed by atoms with Crippen LogP contribution in [0.5, 0.6) is 0 Å². The lowest BCUT2D eigenvalue weighted by molar-refractivity contribution is -0.143. The Morgan fingerprint density at radius 2 is 1.31 bits per heavy atom. The van der Waals surface area contributed by atoms with Gasteiger partial charge in [0, 0.05) is 5.41 Å². The average molecular weight is 357 g/mol. The van der Waals surface area contributed by atoms with Crippen molar-refractivity contribution in [1.82, 2.24) is 0 Å². The molecule has 1 aromatic carbocycles. The van der Waals surface area contributed by atoms with Crippen molar-refractivity contribution in [3.05, 3.63) is 35.4 Å². The van der Waals surface area contributed by atoms with Crippen LogP contribution in [0, 0.1) is 10.8 Å². The Morgan fingerprint density at radius 3 is 1.69 bits per heavy atom. The van der Waals surface area contributed by atoms with Crippen molar-refractivity contribution >= 4 is 11.8 Å². The van der Waals surface area contributed by atoms with E-state index in [1.165, 1.54) is 11.1 Å². The average Bonchev–Trinajstić information content (AvgIpc) is 3.52. The molecule has 0 unspecified atom stereocenters. The van der Waals surface area contributed by atoms with E-state index in [0.29, 0.717) is 5.78 Å². The summed E-state index contributed by atoms with van der Waals surface area (Å²) in [7, 11) is 0. The van der Waals surface area contributed by atoms with E-state index in [-0.39, 0.29) is 10.8 Å².